The maximum absolute atomic E-state index is 12.4. The van der Waals surface area contributed by atoms with E-state index in [1.54, 1.807) is 0 Å². The van der Waals surface area contributed by atoms with E-state index in [0.29, 0.717) is 0 Å². The number of carbonyl (C=O) groups excluding carboxylic acids is 1. The van der Waals surface area contributed by atoms with Crippen LogP contribution in [0.5, 0.6) is 11.5 Å². The van der Waals surface area contributed by atoms with Gasteiger partial charge in [-0.15, -0.1) is 0 Å². The average Bonchev–Trinajstić information content (AvgIpc) is 3.26. The summed E-state index contributed by atoms with van der Waals surface area (Å²) in [6, 6.07) is 11.8. The van der Waals surface area contributed by atoms with Crippen LogP contribution in [0.3, 0.4) is 0 Å². The molecule has 2 aromatic carbocycles. The Morgan fingerprint density at radius 1 is 0.957 bits per heavy atom. The minimum atomic E-state index is -0.119. The highest BCUT2D eigenvalue weighted by molar-refractivity contribution is 5.97. The summed E-state index contributed by atoms with van der Waals surface area (Å²) < 4.78 is 17.2. The quantitative estimate of drug-likeness (QED) is 0.812. The summed E-state index contributed by atoms with van der Waals surface area (Å²) in [6.07, 6.45) is -0.164. The molecule has 1 fully saturated rings. The van der Waals surface area contributed by atoms with Gasteiger partial charge in [-0.3, -0.25) is 4.79 Å². The molecule has 4 aliphatic rings. The van der Waals surface area contributed by atoms with Crippen LogP contribution in [0.4, 0.5) is 0 Å². The number of amides is 1. The van der Waals surface area contributed by atoms with Gasteiger partial charge in [-0.05, 0) is 34.9 Å². The number of ether oxygens (including phenoxy) is 3. The topological polar surface area (TPSA) is 56.8 Å². The third-order valence-corrected chi connectivity index (χ3v) is 5.39. The van der Waals surface area contributed by atoms with Crippen molar-refractivity contribution in [1.29, 1.82) is 0 Å². The fourth-order valence-electron chi connectivity index (χ4n) is 4.45. The Morgan fingerprint density at radius 3 is 2.52 bits per heavy atom. The molecule has 1 N–H and O–H groups in total. The molecule has 2 bridgehead atoms. The fraction of sp³-hybridized carbons (Fsp3) is 0.278. The molecule has 4 aliphatic heterocycles. The lowest BCUT2D eigenvalue weighted by Gasteiger charge is -2.35. The second-order valence-electron chi connectivity index (χ2n) is 6.42. The Kier molecular flexibility index (Phi) is 2.01. The number of rotatable bonds is 0. The number of carbonyl (C=O) groups is 1. The molecule has 5 nitrogen and oxygen atoms in total. The summed E-state index contributed by atoms with van der Waals surface area (Å²) in [7, 11) is 0. The first-order valence-electron chi connectivity index (χ1n) is 7.80. The largest absolute Gasteiger partial charge is 0.454 e. The van der Waals surface area contributed by atoms with Gasteiger partial charge in [0.15, 0.2) is 11.5 Å². The average molecular weight is 307 g/mol. The molecule has 2 aromatic rings. The van der Waals surface area contributed by atoms with E-state index in [9.17, 15) is 4.79 Å². The van der Waals surface area contributed by atoms with Crippen LogP contribution in [-0.4, -0.2) is 18.7 Å². The van der Waals surface area contributed by atoms with Gasteiger partial charge in [0.2, 0.25) is 6.79 Å². The molecule has 2 unspecified atom stereocenters. The van der Waals surface area contributed by atoms with Crippen LogP contribution in [-0.2, 0) is 4.74 Å². The molecule has 6 rings (SSSR count). The lowest BCUT2D eigenvalue weighted by Crippen LogP contribution is -2.46. The van der Waals surface area contributed by atoms with Crippen LogP contribution in [0.25, 0.3) is 0 Å². The van der Waals surface area contributed by atoms with Crippen molar-refractivity contribution >= 4 is 5.91 Å². The zero-order valence-corrected chi connectivity index (χ0v) is 12.1. The highest BCUT2D eigenvalue weighted by atomic mass is 16.7. The third kappa shape index (κ3) is 1.34. The zero-order valence-electron chi connectivity index (χ0n) is 12.1. The normalized spacial score (nSPS) is 31.4. The SMILES string of the molecule is O=C1NC2C(c3ccccc31)[C@@H]1O[C@H]2c2cc3c(cc21)OCO3. The van der Waals surface area contributed by atoms with E-state index in [4.69, 9.17) is 14.2 Å². The molecule has 1 saturated heterocycles. The molecular weight excluding hydrogens is 294 g/mol. The van der Waals surface area contributed by atoms with Gasteiger partial charge in [0.05, 0.1) is 12.1 Å². The van der Waals surface area contributed by atoms with Gasteiger partial charge >= 0.3 is 0 Å². The molecule has 5 heteroatoms. The highest BCUT2D eigenvalue weighted by Gasteiger charge is 2.56. The second-order valence-corrected chi connectivity index (χ2v) is 6.42. The zero-order chi connectivity index (χ0) is 15.1. The van der Waals surface area contributed by atoms with Crippen LogP contribution in [0.2, 0.25) is 0 Å². The molecule has 4 heterocycles. The maximum Gasteiger partial charge on any atom is 0.251 e. The van der Waals surface area contributed by atoms with E-state index in [0.717, 1.165) is 33.8 Å². The number of nitrogens with one attached hydrogen (secondary N) is 1. The summed E-state index contributed by atoms with van der Waals surface area (Å²) in [4.78, 5) is 12.4. The van der Waals surface area contributed by atoms with E-state index < -0.39 is 0 Å². The molecule has 0 radical (unpaired) electrons. The third-order valence-electron chi connectivity index (χ3n) is 5.39. The van der Waals surface area contributed by atoms with Crippen molar-refractivity contribution in [2.24, 2.45) is 0 Å². The molecule has 23 heavy (non-hydrogen) atoms. The molecular formula is C18H13NO4. The van der Waals surface area contributed by atoms with Crippen LogP contribution in [0.15, 0.2) is 36.4 Å². The van der Waals surface area contributed by atoms with Gasteiger partial charge in [0.1, 0.15) is 6.10 Å². The summed E-state index contributed by atoms with van der Waals surface area (Å²) in [5, 5.41) is 3.14. The van der Waals surface area contributed by atoms with Crippen LogP contribution in [0.1, 0.15) is 45.2 Å². The van der Waals surface area contributed by atoms with Gasteiger partial charge in [-0.2, -0.15) is 0 Å². The Hall–Kier alpha value is -2.53. The van der Waals surface area contributed by atoms with E-state index in [1.165, 1.54) is 0 Å². The molecule has 0 spiro atoms. The summed E-state index contributed by atoms with van der Waals surface area (Å²) in [5.41, 5.74) is 4.11. The van der Waals surface area contributed by atoms with Crippen molar-refractivity contribution in [1.82, 2.24) is 5.32 Å². The van der Waals surface area contributed by atoms with Crippen molar-refractivity contribution in [3.8, 4) is 11.5 Å². The van der Waals surface area contributed by atoms with Crippen molar-refractivity contribution in [3.05, 3.63) is 58.7 Å². The Morgan fingerprint density at radius 2 is 1.70 bits per heavy atom. The first kappa shape index (κ1) is 12.0. The van der Waals surface area contributed by atoms with Crippen LogP contribution >= 0.6 is 0 Å². The van der Waals surface area contributed by atoms with Crippen molar-refractivity contribution in [2.75, 3.05) is 6.79 Å². The lowest BCUT2D eigenvalue weighted by atomic mass is 9.73. The van der Waals surface area contributed by atoms with E-state index in [1.807, 2.05) is 36.4 Å². The van der Waals surface area contributed by atoms with Gasteiger partial charge in [-0.1, -0.05) is 18.2 Å². The van der Waals surface area contributed by atoms with Gasteiger partial charge in [-0.25, -0.2) is 0 Å². The number of fused-ring (bicyclic) bond motifs is 11. The molecule has 0 saturated carbocycles. The maximum atomic E-state index is 12.4. The molecule has 1 amide bonds. The molecule has 0 aliphatic carbocycles. The second kappa shape index (κ2) is 3.86. The highest BCUT2D eigenvalue weighted by Crippen LogP contribution is 2.60. The summed E-state index contributed by atoms with van der Waals surface area (Å²) >= 11 is 0. The minimum Gasteiger partial charge on any atom is -0.454 e. The van der Waals surface area contributed by atoms with Gasteiger partial charge < -0.3 is 19.5 Å². The molecule has 114 valence electrons. The van der Waals surface area contributed by atoms with Crippen LogP contribution in [0, 0.1) is 0 Å². The van der Waals surface area contributed by atoms with E-state index in [-0.39, 0.29) is 36.9 Å². The monoisotopic (exact) mass is 307 g/mol. The Balaban J connectivity index is 1.55. The van der Waals surface area contributed by atoms with Crippen LogP contribution < -0.4 is 14.8 Å². The molecule has 4 atom stereocenters. The van der Waals surface area contributed by atoms with Gasteiger partial charge in [0, 0.05) is 11.5 Å². The van der Waals surface area contributed by atoms with E-state index >= 15 is 0 Å². The Labute approximate surface area is 132 Å². The van der Waals surface area contributed by atoms with Crippen molar-refractivity contribution < 1.29 is 19.0 Å². The van der Waals surface area contributed by atoms with Gasteiger partial charge in [0.25, 0.3) is 5.91 Å². The first-order valence-corrected chi connectivity index (χ1v) is 7.80. The number of hydrogen-bond donors (Lipinski definition) is 1. The van der Waals surface area contributed by atoms with Crippen molar-refractivity contribution in [3.63, 3.8) is 0 Å². The summed E-state index contributed by atoms with van der Waals surface area (Å²) in [5.74, 6) is 1.69. The first-order chi connectivity index (χ1) is 11.3. The predicted octanol–water partition coefficient (Wildman–Crippen LogP) is 2.44. The smallest absolute Gasteiger partial charge is 0.251 e. The van der Waals surface area contributed by atoms with E-state index in [2.05, 4.69) is 5.32 Å². The predicted molar refractivity (Wildman–Crippen MR) is 79.6 cm³/mol. The summed E-state index contributed by atoms with van der Waals surface area (Å²) in [6.45, 7) is 0.265. The molecule has 0 aromatic heterocycles. The fourth-order valence-corrected chi connectivity index (χ4v) is 4.45. The Bertz CT molecular complexity index is 877. The number of benzene rings is 2. The lowest BCUT2D eigenvalue weighted by molar-refractivity contribution is 0.0609. The standard InChI is InChI=1S/C18H13NO4/c20-18-9-4-2-1-3-8(9)14-15(19-18)17-11-6-13-12(21-7-22-13)5-10(11)16(14)23-17/h1-6,14-17H,7H2,(H,19,20)/t14?,15?,16-,17+/m1/s1. The van der Waals surface area contributed by atoms with Crippen molar-refractivity contribution in [2.45, 2.75) is 24.2 Å². The minimum absolute atomic E-state index is 0.0136. The number of hydrogen-bond acceptors (Lipinski definition) is 4.